The summed E-state index contributed by atoms with van der Waals surface area (Å²) >= 11 is 0. The maximum Gasteiger partial charge on any atom is 0.352 e. The molecule has 0 aliphatic heterocycles. The topological polar surface area (TPSA) is 59.3 Å². The number of rotatable bonds is 5. The van der Waals surface area contributed by atoms with E-state index in [0.717, 1.165) is 12.7 Å². The van der Waals surface area contributed by atoms with Gasteiger partial charge in [0.1, 0.15) is 12.3 Å². The predicted octanol–water partition coefficient (Wildman–Crippen LogP) is 1.38. The fourth-order valence-electron chi connectivity index (χ4n) is 0.559. The Morgan fingerprint density at radius 2 is 2.23 bits per heavy atom. The Morgan fingerprint density at radius 1 is 1.54 bits per heavy atom. The lowest BCUT2D eigenvalue weighted by Crippen LogP contribution is -2.07. The summed E-state index contributed by atoms with van der Waals surface area (Å²) in [6.45, 7) is 4.39. The summed E-state index contributed by atoms with van der Waals surface area (Å²) in [5, 5.41) is 8.52. The van der Waals surface area contributed by atoms with Crippen LogP contribution in [0.25, 0.3) is 0 Å². The number of carbonyl (C=O) groups is 1. The normalized spacial score (nSPS) is 10.4. The largest absolute Gasteiger partial charge is 0.500 e. The van der Waals surface area contributed by atoms with Gasteiger partial charge in [0.05, 0.1) is 13.2 Å². The van der Waals surface area contributed by atoms with E-state index in [1.165, 1.54) is 0 Å². The summed E-state index contributed by atoms with van der Waals surface area (Å²) in [6.07, 6.45) is 1.86. The van der Waals surface area contributed by atoms with Crippen LogP contribution in [0.1, 0.15) is 20.3 Å². The second kappa shape index (κ2) is 7.17. The minimum atomic E-state index is -0.627. The van der Waals surface area contributed by atoms with Gasteiger partial charge in [0.25, 0.3) is 0 Å². The zero-order valence-electron chi connectivity index (χ0n) is 7.87. The highest BCUT2D eigenvalue weighted by Crippen LogP contribution is 1.97. The fraction of sp³-hybridized carbons (Fsp3) is 0.556. The third kappa shape index (κ3) is 4.86. The van der Waals surface area contributed by atoms with Gasteiger partial charge in [-0.15, -0.1) is 0 Å². The van der Waals surface area contributed by atoms with Crippen molar-refractivity contribution in [2.75, 3.05) is 13.2 Å². The van der Waals surface area contributed by atoms with E-state index in [0.29, 0.717) is 13.2 Å². The number of carbonyl (C=O) groups excluding carboxylic acids is 1. The Morgan fingerprint density at radius 3 is 2.69 bits per heavy atom. The molecule has 0 bridgehead atoms. The summed E-state index contributed by atoms with van der Waals surface area (Å²) in [7, 11) is 0. The molecule has 0 aliphatic rings. The molecule has 0 saturated carbocycles. The maximum atomic E-state index is 11.0. The van der Waals surface area contributed by atoms with Crippen molar-refractivity contribution < 1.29 is 14.3 Å². The number of hydrogen-bond donors (Lipinski definition) is 0. The van der Waals surface area contributed by atoms with Gasteiger partial charge in [-0.2, -0.15) is 5.26 Å². The Labute approximate surface area is 77.8 Å². The third-order valence-electron chi connectivity index (χ3n) is 1.15. The van der Waals surface area contributed by atoms with Gasteiger partial charge in [-0.1, -0.05) is 6.92 Å². The Hall–Kier alpha value is -1.50. The lowest BCUT2D eigenvalue weighted by molar-refractivity contribution is -0.138. The number of nitrogens with zero attached hydrogens (tertiary/aromatic N) is 1. The summed E-state index contributed by atoms with van der Waals surface area (Å²) in [6, 6.07) is 1.71. The quantitative estimate of drug-likeness (QED) is 0.279. The molecule has 0 unspecified atom stereocenters. The number of esters is 1. The summed E-state index contributed by atoms with van der Waals surface area (Å²) in [4.78, 5) is 11.0. The van der Waals surface area contributed by atoms with Crippen LogP contribution >= 0.6 is 0 Å². The van der Waals surface area contributed by atoms with E-state index in [1.54, 1.807) is 13.0 Å². The zero-order valence-corrected chi connectivity index (χ0v) is 7.87. The smallest absolute Gasteiger partial charge is 0.352 e. The van der Waals surface area contributed by atoms with Crippen LogP contribution in [0.4, 0.5) is 0 Å². The molecule has 0 heterocycles. The van der Waals surface area contributed by atoms with Crippen molar-refractivity contribution >= 4 is 5.97 Å². The number of hydrogen-bond acceptors (Lipinski definition) is 4. The molecule has 0 radical (unpaired) electrons. The minimum absolute atomic E-state index is 0.102. The van der Waals surface area contributed by atoms with Crippen molar-refractivity contribution in [2.45, 2.75) is 20.3 Å². The van der Waals surface area contributed by atoms with Gasteiger partial charge in [-0.25, -0.2) is 4.79 Å². The van der Waals surface area contributed by atoms with Gasteiger partial charge in [0, 0.05) is 0 Å². The molecule has 4 heteroatoms. The van der Waals surface area contributed by atoms with E-state index < -0.39 is 5.97 Å². The highest BCUT2D eigenvalue weighted by atomic mass is 16.5. The first-order valence-electron chi connectivity index (χ1n) is 4.15. The van der Waals surface area contributed by atoms with Gasteiger partial charge in [0.2, 0.25) is 0 Å². The molecular formula is C9H13NO3. The maximum absolute atomic E-state index is 11.0. The second-order valence-electron chi connectivity index (χ2n) is 2.23. The molecular weight excluding hydrogens is 170 g/mol. The Balaban J connectivity index is 4.09. The van der Waals surface area contributed by atoms with Crippen LogP contribution in [0.3, 0.4) is 0 Å². The van der Waals surface area contributed by atoms with Crippen LogP contribution < -0.4 is 0 Å². The first-order chi connectivity index (χ1) is 6.26. The molecule has 0 atom stereocenters. The Bertz CT molecular complexity index is 228. The van der Waals surface area contributed by atoms with Crippen molar-refractivity contribution in [2.24, 2.45) is 0 Å². The molecule has 4 nitrogen and oxygen atoms in total. The average molecular weight is 183 g/mol. The van der Waals surface area contributed by atoms with Crippen LogP contribution in [0.5, 0.6) is 0 Å². The first kappa shape index (κ1) is 11.5. The highest BCUT2D eigenvalue weighted by molar-refractivity contribution is 5.92. The molecule has 0 aromatic heterocycles. The highest BCUT2D eigenvalue weighted by Gasteiger charge is 2.09. The lowest BCUT2D eigenvalue weighted by Gasteiger charge is -2.00. The molecule has 0 aromatic rings. The molecule has 0 spiro atoms. The zero-order chi connectivity index (χ0) is 10.1. The molecule has 0 aliphatic carbocycles. The van der Waals surface area contributed by atoms with E-state index in [4.69, 9.17) is 14.7 Å². The molecule has 0 fully saturated rings. The SMILES string of the molecule is CCCOC(=O)/C(C#N)=C\OCC. The minimum Gasteiger partial charge on any atom is -0.500 e. The van der Waals surface area contributed by atoms with Crippen molar-refractivity contribution in [3.8, 4) is 6.07 Å². The van der Waals surface area contributed by atoms with Crippen molar-refractivity contribution in [3.63, 3.8) is 0 Å². The second-order valence-corrected chi connectivity index (χ2v) is 2.23. The lowest BCUT2D eigenvalue weighted by atomic mass is 10.3. The monoisotopic (exact) mass is 183 g/mol. The molecule has 0 rings (SSSR count). The summed E-state index contributed by atoms with van der Waals surface area (Å²) in [5.41, 5.74) is -0.102. The Kier molecular flexibility index (Phi) is 6.34. The van der Waals surface area contributed by atoms with E-state index in [1.807, 2.05) is 6.92 Å². The predicted molar refractivity (Wildman–Crippen MR) is 46.6 cm³/mol. The number of nitriles is 1. The molecule has 0 N–H and O–H groups in total. The fourth-order valence-corrected chi connectivity index (χ4v) is 0.559. The summed E-state index contributed by atoms with van der Waals surface area (Å²) < 4.78 is 9.53. The van der Waals surface area contributed by atoms with Crippen LogP contribution in [0, 0.1) is 11.3 Å². The first-order valence-corrected chi connectivity index (χ1v) is 4.15. The standard InChI is InChI=1S/C9H13NO3/c1-3-5-13-9(11)8(6-10)7-12-4-2/h7H,3-5H2,1-2H3/b8-7-. The van der Waals surface area contributed by atoms with Gasteiger partial charge >= 0.3 is 5.97 Å². The van der Waals surface area contributed by atoms with Crippen LogP contribution in [-0.2, 0) is 14.3 Å². The van der Waals surface area contributed by atoms with E-state index >= 15 is 0 Å². The van der Waals surface area contributed by atoms with E-state index in [9.17, 15) is 4.79 Å². The van der Waals surface area contributed by atoms with Crippen LogP contribution in [0.15, 0.2) is 11.8 Å². The van der Waals surface area contributed by atoms with Crippen LogP contribution in [-0.4, -0.2) is 19.2 Å². The van der Waals surface area contributed by atoms with Crippen molar-refractivity contribution in [1.29, 1.82) is 5.26 Å². The molecule has 72 valence electrons. The summed E-state index contributed by atoms with van der Waals surface area (Å²) in [5.74, 6) is -0.627. The molecule has 0 saturated heterocycles. The number of ether oxygens (including phenoxy) is 2. The molecule has 0 amide bonds. The van der Waals surface area contributed by atoms with Gasteiger partial charge < -0.3 is 9.47 Å². The van der Waals surface area contributed by atoms with Crippen molar-refractivity contribution in [3.05, 3.63) is 11.8 Å². The van der Waals surface area contributed by atoms with Gasteiger partial charge in [-0.05, 0) is 13.3 Å². The molecule has 0 aromatic carbocycles. The van der Waals surface area contributed by atoms with Crippen LogP contribution in [0.2, 0.25) is 0 Å². The van der Waals surface area contributed by atoms with Gasteiger partial charge in [0.15, 0.2) is 5.57 Å². The molecule has 13 heavy (non-hydrogen) atoms. The van der Waals surface area contributed by atoms with E-state index in [2.05, 4.69) is 0 Å². The average Bonchev–Trinajstić information content (AvgIpc) is 2.16. The van der Waals surface area contributed by atoms with E-state index in [-0.39, 0.29) is 5.57 Å². The third-order valence-corrected chi connectivity index (χ3v) is 1.15. The van der Waals surface area contributed by atoms with Crippen molar-refractivity contribution in [1.82, 2.24) is 0 Å². The van der Waals surface area contributed by atoms with Gasteiger partial charge in [-0.3, -0.25) is 0 Å².